The molecule has 1 aromatic heterocycles. The molecule has 2 aromatic carbocycles. The Hall–Kier alpha value is -2.90. The third kappa shape index (κ3) is 5.06. The van der Waals surface area contributed by atoms with Crippen molar-refractivity contribution >= 4 is 45.6 Å². The van der Waals surface area contributed by atoms with E-state index >= 15 is 0 Å². The van der Waals surface area contributed by atoms with Gasteiger partial charge in [0.15, 0.2) is 0 Å². The summed E-state index contributed by atoms with van der Waals surface area (Å²) in [5.41, 5.74) is 3.27. The van der Waals surface area contributed by atoms with Crippen molar-refractivity contribution in [1.29, 1.82) is 0 Å². The van der Waals surface area contributed by atoms with Gasteiger partial charge in [-0.05, 0) is 54.6 Å². The monoisotopic (exact) mass is 446 g/mol. The molecule has 0 atom stereocenters. The highest BCUT2D eigenvalue weighted by molar-refractivity contribution is 9.10. The normalized spacial score (nSPS) is 10.7. The molecule has 8 heteroatoms. The Morgan fingerprint density at radius 3 is 2.63 bits per heavy atom. The second kappa shape index (κ2) is 8.66. The largest absolute Gasteiger partial charge is 0.457 e. The number of amides is 1. The second-order valence-electron chi connectivity index (χ2n) is 5.25. The van der Waals surface area contributed by atoms with Crippen molar-refractivity contribution < 1.29 is 18.7 Å². The van der Waals surface area contributed by atoms with E-state index in [1.54, 1.807) is 42.5 Å². The van der Waals surface area contributed by atoms with E-state index in [0.717, 1.165) is 4.47 Å². The topological polar surface area (TPSA) is 80.9 Å². The predicted octanol–water partition coefficient (Wildman–Crippen LogP) is 4.68. The lowest BCUT2D eigenvalue weighted by Gasteiger charge is -2.06. The van der Waals surface area contributed by atoms with Gasteiger partial charge >= 0.3 is 5.97 Å². The molecular formula is C19H12BrClN2O4. The minimum atomic E-state index is -0.657. The van der Waals surface area contributed by atoms with Crippen molar-refractivity contribution in [3.63, 3.8) is 0 Å². The first kappa shape index (κ1) is 18.9. The number of carbonyl (C=O) groups excluding carboxylic acids is 2. The lowest BCUT2D eigenvalue weighted by Crippen LogP contribution is -2.17. The minimum absolute atomic E-state index is 0.0661. The Labute approximate surface area is 167 Å². The molecule has 3 rings (SSSR count). The van der Waals surface area contributed by atoms with Gasteiger partial charge in [0, 0.05) is 20.6 Å². The molecule has 0 spiro atoms. The average Bonchev–Trinajstić information content (AvgIpc) is 3.19. The van der Waals surface area contributed by atoms with Crippen molar-refractivity contribution in [3.8, 4) is 5.75 Å². The molecule has 0 saturated heterocycles. The van der Waals surface area contributed by atoms with Crippen molar-refractivity contribution in [2.75, 3.05) is 0 Å². The van der Waals surface area contributed by atoms with Crippen LogP contribution in [0, 0.1) is 0 Å². The summed E-state index contributed by atoms with van der Waals surface area (Å²) in [5, 5.41) is 4.33. The van der Waals surface area contributed by atoms with Gasteiger partial charge in [0.1, 0.15) is 5.75 Å². The minimum Gasteiger partial charge on any atom is -0.457 e. The number of hydrogen-bond acceptors (Lipinski definition) is 5. The first-order valence-corrected chi connectivity index (χ1v) is 8.84. The Morgan fingerprint density at radius 2 is 1.93 bits per heavy atom. The summed E-state index contributed by atoms with van der Waals surface area (Å²) in [4.78, 5) is 24.1. The second-order valence-corrected chi connectivity index (χ2v) is 6.61. The first-order valence-electron chi connectivity index (χ1n) is 7.67. The van der Waals surface area contributed by atoms with Crippen LogP contribution in [0.2, 0.25) is 5.02 Å². The van der Waals surface area contributed by atoms with Gasteiger partial charge in [-0.25, -0.2) is 10.2 Å². The molecule has 0 aliphatic carbocycles. The number of hydrogen-bond donors (Lipinski definition) is 1. The van der Waals surface area contributed by atoms with Crippen LogP contribution in [0.15, 0.2) is 74.9 Å². The fourth-order valence-corrected chi connectivity index (χ4v) is 2.53. The number of benzene rings is 2. The number of nitrogens with zero attached hydrogens (tertiary/aromatic N) is 1. The number of ether oxygens (including phenoxy) is 1. The van der Waals surface area contributed by atoms with E-state index in [4.69, 9.17) is 20.8 Å². The highest BCUT2D eigenvalue weighted by atomic mass is 79.9. The quantitative estimate of drug-likeness (QED) is 0.266. The van der Waals surface area contributed by atoms with Gasteiger partial charge in [0.2, 0.25) is 5.76 Å². The lowest BCUT2D eigenvalue weighted by molar-refractivity contribution is 0.0701. The molecule has 136 valence electrons. The van der Waals surface area contributed by atoms with Gasteiger partial charge in [-0.2, -0.15) is 5.10 Å². The van der Waals surface area contributed by atoms with Crippen LogP contribution in [0.4, 0.5) is 0 Å². The summed E-state index contributed by atoms with van der Waals surface area (Å²) in [6.45, 7) is 0. The van der Waals surface area contributed by atoms with E-state index in [9.17, 15) is 9.59 Å². The van der Waals surface area contributed by atoms with Crippen molar-refractivity contribution in [2.45, 2.75) is 0 Å². The molecule has 1 N–H and O–H groups in total. The van der Waals surface area contributed by atoms with Crippen molar-refractivity contribution in [3.05, 3.63) is 87.2 Å². The van der Waals surface area contributed by atoms with Gasteiger partial charge < -0.3 is 9.15 Å². The maximum absolute atomic E-state index is 12.1. The highest BCUT2D eigenvalue weighted by Crippen LogP contribution is 2.22. The molecule has 27 heavy (non-hydrogen) atoms. The molecule has 0 bridgehead atoms. The lowest BCUT2D eigenvalue weighted by atomic mass is 10.2. The molecule has 0 radical (unpaired) electrons. The fourth-order valence-electron chi connectivity index (χ4n) is 2.08. The Kier molecular flexibility index (Phi) is 6.05. The van der Waals surface area contributed by atoms with Crippen LogP contribution >= 0.6 is 27.5 Å². The van der Waals surface area contributed by atoms with E-state index in [-0.39, 0.29) is 17.4 Å². The van der Waals surface area contributed by atoms with E-state index in [0.29, 0.717) is 16.1 Å². The zero-order valence-electron chi connectivity index (χ0n) is 13.7. The third-order valence-corrected chi connectivity index (χ3v) is 4.14. The first-order chi connectivity index (χ1) is 13.0. The van der Waals surface area contributed by atoms with E-state index < -0.39 is 5.97 Å². The van der Waals surface area contributed by atoms with E-state index in [2.05, 4.69) is 26.5 Å². The number of nitrogens with one attached hydrogen (secondary N) is 1. The Bertz CT molecular complexity index is 985. The van der Waals surface area contributed by atoms with Gasteiger partial charge in [-0.15, -0.1) is 0 Å². The molecule has 3 aromatic rings. The van der Waals surface area contributed by atoms with Crippen LogP contribution in [0.5, 0.6) is 5.75 Å². The summed E-state index contributed by atoms with van der Waals surface area (Å²) in [7, 11) is 0. The summed E-state index contributed by atoms with van der Waals surface area (Å²) in [6, 6.07) is 14.6. The molecule has 1 amide bonds. The van der Waals surface area contributed by atoms with Gasteiger partial charge in [0.05, 0.1) is 12.5 Å². The molecule has 0 unspecified atom stereocenters. The van der Waals surface area contributed by atoms with Crippen LogP contribution in [-0.2, 0) is 0 Å². The van der Waals surface area contributed by atoms with Crippen LogP contribution in [0.25, 0.3) is 0 Å². The molecule has 6 nitrogen and oxygen atoms in total. The maximum Gasteiger partial charge on any atom is 0.379 e. The molecule has 0 saturated carbocycles. The van der Waals surface area contributed by atoms with Crippen LogP contribution in [0.1, 0.15) is 26.5 Å². The zero-order chi connectivity index (χ0) is 19.2. The van der Waals surface area contributed by atoms with E-state index in [1.165, 1.54) is 24.6 Å². The summed E-state index contributed by atoms with van der Waals surface area (Å²) < 4.78 is 11.2. The molecule has 0 fully saturated rings. The average molecular weight is 448 g/mol. The number of hydrazone groups is 1. The Balaban J connectivity index is 1.72. The van der Waals surface area contributed by atoms with Gasteiger partial charge in [-0.3, -0.25) is 4.79 Å². The van der Waals surface area contributed by atoms with Crippen molar-refractivity contribution in [1.82, 2.24) is 5.43 Å². The number of esters is 1. The third-order valence-electron chi connectivity index (χ3n) is 3.37. The molecule has 0 aliphatic heterocycles. The molecular weight excluding hydrogens is 436 g/mol. The fraction of sp³-hybridized carbons (Fsp3) is 0. The molecule has 0 aliphatic rings. The summed E-state index contributed by atoms with van der Waals surface area (Å²) in [5.74, 6) is -0.746. The van der Waals surface area contributed by atoms with Crippen molar-refractivity contribution in [2.24, 2.45) is 5.10 Å². The number of carbonyl (C=O) groups is 2. The highest BCUT2D eigenvalue weighted by Gasteiger charge is 2.14. The van der Waals surface area contributed by atoms with Gasteiger partial charge in [-0.1, -0.05) is 27.5 Å². The summed E-state index contributed by atoms with van der Waals surface area (Å²) >= 11 is 9.30. The summed E-state index contributed by atoms with van der Waals surface area (Å²) in [6.07, 6.45) is 2.71. The SMILES string of the molecule is O=C(N/N=C/c1cc(Cl)ccc1OC(=O)c1ccco1)c1ccc(Br)cc1. The smallest absolute Gasteiger partial charge is 0.379 e. The maximum atomic E-state index is 12.1. The van der Waals surface area contributed by atoms with Crippen LogP contribution in [0.3, 0.4) is 0 Å². The Morgan fingerprint density at radius 1 is 1.15 bits per heavy atom. The zero-order valence-corrected chi connectivity index (χ0v) is 16.0. The number of rotatable bonds is 5. The standard InChI is InChI=1S/C19H12BrClN2O4/c20-14-5-3-12(4-6-14)18(24)23-22-11-13-10-15(21)7-8-16(13)27-19(25)17-2-1-9-26-17/h1-11H,(H,23,24)/b22-11+. The van der Waals surface area contributed by atoms with Crippen LogP contribution in [-0.4, -0.2) is 18.1 Å². The number of halogens is 2. The van der Waals surface area contributed by atoms with Gasteiger partial charge in [0.25, 0.3) is 5.91 Å². The molecule has 1 heterocycles. The predicted molar refractivity (Wildman–Crippen MR) is 104 cm³/mol. The van der Waals surface area contributed by atoms with E-state index in [1.807, 2.05) is 0 Å². The van der Waals surface area contributed by atoms with Crippen LogP contribution < -0.4 is 10.2 Å². The number of furan rings is 1.